The summed E-state index contributed by atoms with van der Waals surface area (Å²) >= 11 is 5.20. The van der Waals surface area contributed by atoms with Gasteiger partial charge in [-0.05, 0) is 37.6 Å². The van der Waals surface area contributed by atoms with Gasteiger partial charge in [-0.1, -0.05) is 41.9 Å². The van der Waals surface area contributed by atoms with E-state index in [0.717, 1.165) is 18.7 Å². The number of halogens is 1. The van der Waals surface area contributed by atoms with E-state index in [0.29, 0.717) is 5.56 Å². The van der Waals surface area contributed by atoms with E-state index in [1.165, 1.54) is 6.08 Å². The largest absolute Gasteiger partial charge is 0.446 e. The predicted molar refractivity (Wildman–Crippen MR) is 104 cm³/mol. The summed E-state index contributed by atoms with van der Waals surface area (Å²) in [4.78, 5) is 28.2. The van der Waals surface area contributed by atoms with Crippen molar-refractivity contribution in [2.45, 2.75) is 13.8 Å². The van der Waals surface area contributed by atoms with Crippen LogP contribution in [0.25, 0.3) is 6.08 Å². The first-order valence-electron chi connectivity index (χ1n) is 8.27. The Hall–Kier alpha value is -2.66. The lowest BCUT2D eigenvalue weighted by Gasteiger charge is -2.17. The molecule has 6 heteroatoms. The van der Waals surface area contributed by atoms with Crippen molar-refractivity contribution in [2.75, 3.05) is 19.2 Å². The highest BCUT2D eigenvalue weighted by molar-refractivity contribution is 6.17. The smallest absolute Gasteiger partial charge is 0.331 e. The summed E-state index contributed by atoms with van der Waals surface area (Å²) in [5, 5.41) is 0. The van der Waals surface area contributed by atoms with Crippen molar-refractivity contribution in [1.82, 2.24) is 9.88 Å². The van der Waals surface area contributed by atoms with Crippen LogP contribution in [-0.4, -0.2) is 40.9 Å². The molecule has 0 aliphatic rings. The summed E-state index contributed by atoms with van der Waals surface area (Å²) in [5.74, 6) is -0.378. The van der Waals surface area contributed by atoms with Crippen LogP contribution < -0.4 is 0 Å². The van der Waals surface area contributed by atoms with Crippen LogP contribution in [0.5, 0.6) is 0 Å². The maximum atomic E-state index is 11.7. The summed E-state index contributed by atoms with van der Waals surface area (Å²) in [6.45, 7) is 5.42. The van der Waals surface area contributed by atoms with Crippen LogP contribution in [0.2, 0.25) is 0 Å². The molecule has 0 N–H and O–H groups in total. The summed E-state index contributed by atoms with van der Waals surface area (Å²) in [7, 11) is 0. The van der Waals surface area contributed by atoms with Gasteiger partial charge in [0, 0.05) is 31.6 Å². The van der Waals surface area contributed by atoms with Gasteiger partial charge >= 0.3 is 5.97 Å². The molecule has 0 saturated heterocycles. The Bertz CT molecular complexity index is 687. The van der Waals surface area contributed by atoms with Crippen LogP contribution in [-0.2, 0) is 9.53 Å². The molecule has 2 rings (SSSR count). The summed E-state index contributed by atoms with van der Waals surface area (Å²) in [6, 6.07) is 12.9. The minimum absolute atomic E-state index is 0.0538. The lowest BCUT2D eigenvalue weighted by molar-refractivity contribution is -0.135. The van der Waals surface area contributed by atoms with Gasteiger partial charge in [0.1, 0.15) is 0 Å². The van der Waals surface area contributed by atoms with E-state index in [-0.39, 0.29) is 12.0 Å². The third-order valence-corrected chi connectivity index (χ3v) is 3.48. The van der Waals surface area contributed by atoms with Crippen molar-refractivity contribution in [3.05, 3.63) is 72.1 Å². The van der Waals surface area contributed by atoms with Crippen LogP contribution in [0, 0.1) is 0 Å². The van der Waals surface area contributed by atoms with Gasteiger partial charge in [-0.25, -0.2) is 4.79 Å². The number of rotatable bonds is 6. The lowest BCUT2D eigenvalue weighted by atomic mass is 10.2. The first-order chi connectivity index (χ1) is 12.6. The third kappa shape index (κ3) is 7.94. The molecule has 2 aromatic rings. The molecule has 1 heterocycles. The van der Waals surface area contributed by atoms with Gasteiger partial charge in [0.05, 0.1) is 5.56 Å². The molecule has 26 heavy (non-hydrogen) atoms. The van der Waals surface area contributed by atoms with E-state index in [1.807, 2.05) is 44.2 Å². The predicted octanol–water partition coefficient (Wildman–Crippen LogP) is 4.00. The zero-order valence-electron chi connectivity index (χ0n) is 15.0. The Morgan fingerprint density at radius 1 is 1.12 bits per heavy atom. The second kappa shape index (κ2) is 12.7. The fraction of sp³-hybridized carbons (Fsp3) is 0.250. The Labute approximate surface area is 159 Å². The topological polar surface area (TPSA) is 59.5 Å². The van der Waals surface area contributed by atoms with Crippen LogP contribution in [0.15, 0.2) is 60.9 Å². The van der Waals surface area contributed by atoms with Gasteiger partial charge in [-0.15, -0.1) is 0 Å². The molecule has 0 atom stereocenters. The summed E-state index contributed by atoms with van der Waals surface area (Å²) in [6.07, 6.45) is 6.28. The molecule has 138 valence electrons. The molecule has 1 aromatic heterocycles. The molecule has 5 nitrogen and oxygen atoms in total. The molecule has 0 aliphatic heterocycles. The molecule has 1 aromatic carbocycles. The average Bonchev–Trinajstić information content (AvgIpc) is 2.69. The number of carbonyl (C=O) groups is 2. The number of esters is 1. The number of benzene rings is 1. The summed E-state index contributed by atoms with van der Waals surface area (Å²) < 4.78 is 4.50. The molecule has 0 fully saturated rings. The Balaban J connectivity index is 0.000000260. The van der Waals surface area contributed by atoms with Gasteiger partial charge in [0.2, 0.25) is 0 Å². The zero-order valence-corrected chi connectivity index (χ0v) is 15.7. The molecule has 1 amide bonds. The minimum atomic E-state index is -0.432. The number of hydrogen-bond acceptors (Lipinski definition) is 4. The number of hydrogen-bond donors (Lipinski definition) is 0. The molecule has 0 saturated carbocycles. The van der Waals surface area contributed by atoms with Gasteiger partial charge in [-0.2, -0.15) is 0 Å². The molecule has 0 radical (unpaired) electrons. The van der Waals surface area contributed by atoms with E-state index in [9.17, 15) is 9.59 Å². The second-order valence-electron chi connectivity index (χ2n) is 5.04. The first kappa shape index (κ1) is 21.4. The van der Waals surface area contributed by atoms with Crippen LogP contribution in [0.1, 0.15) is 29.8 Å². The summed E-state index contributed by atoms with van der Waals surface area (Å²) in [5.41, 5.74) is 1.61. The minimum Gasteiger partial charge on any atom is -0.446 e. The number of pyridine rings is 1. The third-order valence-electron chi connectivity index (χ3n) is 3.37. The van der Waals surface area contributed by atoms with Gasteiger partial charge in [0.15, 0.2) is 6.07 Å². The number of amides is 1. The molecular formula is C20H23ClN2O3. The van der Waals surface area contributed by atoms with Crippen molar-refractivity contribution >= 4 is 29.6 Å². The fourth-order valence-corrected chi connectivity index (χ4v) is 2.12. The fourth-order valence-electron chi connectivity index (χ4n) is 2.01. The highest BCUT2D eigenvalue weighted by atomic mass is 35.5. The van der Waals surface area contributed by atoms with Crippen LogP contribution in [0.4, 0.5) is 0 Å². The zero-order chi connectivity index (χ0) is 19.2. The number of carbonyl (C=O) groups excluding carboxylic acids is 2. The van der Waals surface area contributed by atoms with Crippen molar-refractivity contribution in [1.29, 1.82) is 0 Å². The molecule has 0 bridgehead atoms. The molecular weight excluding hydrogens is 352 g/mol. The Kier molecular flexibility index (Phi) is 10.4. The second-order valence-corrected chi connectivity index (χ2v) is 5.25. The number of ether oxygens (including phenoxy) is 1. The van der Waals surface area contributed by atoms with E-state index in [1.54, 1.807) is 35.5 Å². The average molecular weight is 375 g/mol. The number of aromatic nitrogens is 1. The quantitative estimate of drug-likeness (QED) is 0.435. The van der Waals surface area contributed by atoms with Crippen LogP contribution in [0.3, 0.4) is 0 Å². The Morgan fingerprint density at radius 2 is 1.81 bits per heavy atom. The number of alkyl halides is 1. The normalized spacial score (nSPS) is 9.96. The van der Waals surface area contributed by atoms with Gasteiger partial charge in [-0.3, -0.25) is 9.78 Å². The maximum absolute atomic E-state index is 11.7. The Morgan fingerprint density at radius 3 is 2.35 bits per heavy atom. The maximum Gasteiger partial charge on any atom is 0.331 e. The number of nitrogens with zero attached hydrogens (tertiary/aromatic N) is 2. The SMILES string of the molecule is CCN(CC)C(=O)c1cccnc1.O=C(/C=C/c1ccccc1)OCCl. The van der Waals surface area contributed by atoms with Gasteiger partial charge in [0.25, 0.3) is 5.91 Å². The van der Waals surface area contributed by atoms with Gasteiger partial charge < -0.3 is 9.64 Å². The van der Waals surface area contributed by atoms with Crippen molar-refractivity contribution in [2.24, 2.45) is 0 Å². The van der Waals surface area contributed by atoms with Crippen LogP contribution >= 0.6 is 11.6 Å². The first-order valence-corrected chi connectivity index (χ1v) is 8.80. The van der Waals surface area contributed by atoms with E-state index >= 15 is 0 Å². The monoisotopic (exact) mass is 374 g/mol. The highest BCUT2D eigenvalue weighted by Crippen LogP contribution is 2.02. The standard InChI is InChI=1S/C10H9ClO2.C10H14N2O/c11-8-13-10(12)7-6-9-4-2-1-3-5-9;1-3-12(4-2)10(13)9-6-5-7-11-8-9/h1-7H,8H2;5-8H,3-4H2,1-2H3/b7-6+;. The molecule has 0 spiro atoms. The molecule has 0 unspecified atom stereocenters. The van der Waals surface area contributed by atoms with Crippen molar-refractivity contribution < 1.29 is 14.3 Å². The van der Waals surface area contributed by atoms with Crippen molar-refractivity contribution in [3.63, 3.8) is 0 Å². The van der Waals surface area contributed by atoms with E-state index in [2.05, 4.69) is 9.72 Å². The lowest BCUT2D eigenvalue weighted by Crippen LogP contribution is -2.30. The van der Waals surface area contributed by atoms with E-state index < -0.39 is 5.97 Å². The molecule has 0 aliphatic carbocycles. The highest BCUT2D eigenvalue weighted by Gasteiger charge is 2.11. The van der Waals surface area contributed by atoms with E-state index in [4.69, 9.17) is 11.6 Å². The van der Waals surface area contributed by atoms with Crippen molar-refractivity contribution in [3.8, 4) is 0 Å².